The lowest BCUT2D eigenvalue weighted by Crippen LogP contribution is -2.20. The molecule has 5 heteroatoms. The highest BCUT2D eigenvalue weighted by Gasteiger charge is 2.12. The van der Waals surface area contributed by atoms with Crippen LogP contribution >= 0.6 is 0 Å². The minimum atomic E-state index is 0.428. The van der Waals surface area contributed by atoms with Gasteiger partial charge in [0.05, 0.1) is 5.69 Å². The highest BCUT2D eigenvalue weighted by Crippen LogP contribution is 2.22. The third-order valence-corrected chi connectivity index (χ3v) is 3.54. The lowest BCUT2D eigenvalue weighted by molar-refractivity contribution is 0.676. The van der Waals surface area contributed by atoms with Crippen LogP contribution in [0.25, 0.3) is 5.52 Å². The van der Waals surface area contributed by atoms with Gasteiger partial charge in [-0.1, -0.05) is 20.3 Å². The molecule has 0 spiro atoms. The van der Waals surface area contributed by atoms with E-state index in [4.69, 9.17) is 5.73 Å². The lowest BCUT2D eigenvalue weighted by Gasteiger charge is -2.18. The summed E-state index contributed by atoms with van der Waals surface area (Å²) >= 11 is 0. The average molecular weight is 275 g/mol. The van der Waals surface area contributed by atoms with E-state index in [2.05, 4.69) is 41.9 Å². The van der Waals surface area contributed by atoms with Crippen LogP contribution in [0.15, 0.2) is 18.5 Å². The first-order valence-electron chi connectivity index (χ1n) is 7.39. The Morgan fingerprint density at radius 2 is 2.10 bits per heavy atom. The summed E-state index contributed by atoms with van der Waals surface area (Å²) in [5.41, 5.74) is 7.71. The van der Waals surface area contributed by atoms with Gasteiger partial charge in [-0.2, -0.15) is 5.10 Å². The summed E-state index contributed by atoms with van der Waals surface area (Å²) in [7, 11) is 2.09. The van der Waals surface area contributed by atoms with E-state index in [-0.39, 0.29) is 0 Å². The van der Waals surface area contributed by atoms with E-state index >= 15 is 0 Å². The molecule has 20 heavy (non-hydrogen) atoms. The largest absolute Gasteiger partial charge is 0.358 e. The van der Waals surface area contributed by atoms with Crippen molar-refractivity contribution in [2.45, 2.75) is 39.0 Å². The van der Waals surface area contributed by atoms with Crippen LogP contribution < -0.4 is 10.6 Å². The first-order valence-corrected chi connectivity index (χ1v) is 7.39. The van der Waals surface area contributed by atoms with Crippen molar-refractivity contribution < 1.29 is 0 Å². The maximum absolute atomic E-state index is 5.52. The normalized spacial score (nSPS) is 11.4. The van der Waals surface area contributed by atoms with Gasteiger partial charge in [0.25, 0.3) is 0 Å². The van der Waals surface area contributed by atoms with Crippen molar-refractivity contribution in [2.24, 2.45) is 5.73 Å². The van der Waals surface area contributed by atoms with Gasteiger partial charge in [-0.25, -0.2) is 9.50 Å². The smallest absolute Gasteiger partial charge is 0.154 e. The zero-order valence-electron chi connectivity index (χ0n) is 12.7. The van der Waals surface area contributed by atoms with Gasteiger partial charge in [-0.05, 0) is 31.4 Å². The van der Waals surface area contributed by atoms with E-state index in [1.54, 1.807) is 0 Å². The van der Waals surface area contributed by atoms with Crippen molar-refractivity contribution in [2.75, 3.05) is 25.0 Å². The van der Waals surface area contributed by atoms with Crippen molar-refractivity contribution in [3.05, 3.63) is 24.2 Å². The van der Waals surface area contributed by atoms with E-state index in [0.717, 1.165) is 43.0 Å². The van der Waals surface area contributed by atoms with Gasteiger partial charge < -0.3 is 10.6 Å². The molecular weight excluding hydrogens is 250 g/mol. The number of rotatable bonds is 7. The molecule has 110 valence electrons. The summed E-state index contributed by atoms with van der Waals surface area (Å²) in [4.78, 5) is 6.72. The summed E-state index contributed by atoms with van der Waals surface area (Å²) < 4.78 is 1.92. The molecule has 5 nitrogen and oxygen atoms in total. The number of nitrogens with two attached hydrogens (primary N) is 1. The molecule has 0 amide bonds. The SMILES string of the molecule is CC(C)c1cc2c(N(C)CCCCCN)nccn2n1. The molecule has 2 aromatic heterocycles. The molecule has 0 radical (unpaired) electrons. The van der Waals surface area contributed by atoms with Crippen molar-refractivity contribution in [1.82, 2.24) is 14.6 Å². The molecule has 0 aliphatic heterocycles. The Bertz CT molecular complexity index is 546. The monoisotopic (exact) mass is 275 g/mol. The Morgan fingerprint density at radius 1 is 1.30 bits per heavy atom. The quantitative estimate of drug-likeness (QED) is 0.788. The minimum Gasteiger partial charge on any atom is -0.358 e. The maximum atomic E-state index is 5.52. The summed E-state index contributed by atoms with van der Waals surface area (Å²) in [5, 5.41) is 4.60. The maximum Gasteiger partial charge on any atom is 0.154 e. The first-order chi connectivity index (χ1) is 9.63. The molecule has 0 aliphatic rings. The van der Waals surface area contributed by atoms with Gasteiger partial charge in [-0.15, -0.1) is 0 Å². The second-order valence-corrected chi connectivity index (χ2v) is 5.58. The van der Waals surface area contributed by atoms with Crippen LogP contribution in [0.2, 0.25) is 0 Å². The number of anilines is 1. The van der Waals surface area contributed by atoms with E-state index in [1.165, 1.54) is 6.42 Å². The molecule has 0 fully saturated rings. The molecule has 2 aromatic rings. The van der Waals surface area contributed by atoms with Crippen LogP contribution in [0.5, 0.6) is 0 Å². The molecule has 0 aromatic carbocycles. The van der Waals surface area contributed by atoms with E-state index in [1.807, 2.05) is 16.9 Å². The van der Waals surface area contributed by atoms with Gasteiger partial charge >= 0.3 is 0 Å². The van der Waals surface area contributed by atoms with Crippen LogP contribution in [-0.4, -0.2) is 34.7 Å². The number of hydrogen-bond donors (Lipinski definition) is 1. The van der Waals surface area contributed by atoms with Crippen LogP contribution in [-0.2, 0) is 0 Å². The Hall–Kier alpha value is -1.62. The number of nitrogens with zero attached hydrogens (tertiary/aromatic N) is 4. The Labute approximate surface area is 120 Å². The summed E-state index contributed by atoms with van der Waals surface area (Å²) in [5.74, 6) is 1.43. The van der Waals surface area contributed by atoms with E-state index in [9.17, 15) is 0 Å². The fourth-order valence-corrected chi connectivity index (χ4v) is 2.28. The number of unbranched alkanes of at least 4 members (excludes halogenated alkanes) is 2. The fraction of sp³-hybridized carbons (Fsp3) is 0.600. The van der Waals surface area contributed by atoms with Gasteiger partial charge in [-0.3, -0.25) is 0 Å². The molecule has 0 atom stereocenters. The molecule has 0 aliphatic carbocycles. The molecule has 0 saturated heterocycles. The Balaban J connectivity index is 2.16. The van der Waals surface area contributed by atoms with Crippen molar-refractivity contribution in [3.8, 4) is 0 Å². The van der Waals surface area contributed by atoms with E-state index < -0.39 is 0 Å². The predicted octanol–water partition coefficient (Wildman–Crippen LogP) is 2.42. The summed E-state index contributed by atoms with van der Waals surface area (Å²) in [6.45, 7) is 6.09. The van der Waals surface area contributed by atoms with Gasteiger partial charge in [0.2, 0.25) is 0 Å². The van der Waals surface area contributed by atoms with Crippen molar-refractivity contribution in [3.63, 3.8) is 0 Å². The van der Waals surface area contributed by atoms with Crippen molar-refractivity contribution >= 4 is 11.3 Å². The van der Waals surface area contributed by atoms with Gasteiger partial charge in [0.15, 0.2) is 5.82 Å². The Kier molecular flexibility index (Phi) is 4.95. The second kappa shape index (κ2) is 6.70. The summed E-state index contributed by atoms with van der Waals surface area (Å²) in [6.07, 6.45) is 7.13. The third-order valence-electron chi connectivity index (χ3n) is 3.54. The molecule has 0 saturated carbocycles. The minimum absolute atomic E-state index is 0.428. The number of hydrogen-bond acceptors (Lipinski definition) is 4. The van der Waals surface area contributed by atoms with E-state index in [0.29, 0.717) is 5.92 Å². The highest BCUT2D eigenvalue weighted by molar-refractivity contribution is 5.68. The summed E-state index contributed by atoms with van der Waals surface area (Å²) in [6, 6.07) is 2.14. The number of fused-ring (bicyclic) bond motifs is 1. The molecular formula is C15H25N5. The Morgan fingerprint density at radius 3 is 2.80 bits per heavy atom. The van der Waals surface area contributed by atoms with Crippen LogP contribution in [0.1, 0.15) is 44.7 Å². The highest BCUT2D eigenvalue weighted by atomic mass is 15.3. The molecule has 2 rings (SSSR count). The second-order valence-electron chi connectivity index (χ2n) is 5.58. The molecule has 0 unspecified atom stereocenters. The van der Waals surface area contributed by atoms with Crippen LogP contribution in [0, 0.1) is 0 Å². The zero-order valence-corrected chi connectivity index (χ0v) is 12.7. The van der Waals surface area contributed by atoms with Gasteiger partial charge in [0, 0.05) is 26.0 Å². The molecule has 2 N–H and O–H groups in total. The van der Waals surface area contributed by atoms with Gasteiger partial charge in [0.1, 0.15) is 5.52 Å². The third kappa shape index (κ3) is 3.28. The van der Waals surface area contributed by atoms with Crippen LogP contribution in [0.3, 0.4) is 0 Å². The molecule has 0 bridgehead atoms. The fourth-order valence-electron chi connectivity index (χ4n) is 2.28. The lowest BCUT2D eigenvalue weighted by atomic mass is 10.1. The topological polar surface area (TPSA) is 59.5 Å². The van der Waals surface area contributed by atoms with Crippen molar-refractivity contribution in [1.29, 1.82) is 0 Å². The first kappa shape index (κ1) is 14.8. The average Bonchev–Trinajstić information content (AvgIpc) is 2.87. The number of aromatic nitrogens is 3. The van der Waals surface area contributed by atoms with Crippen LogP contribution in [0.4, 0.5) is 5.82 Å². The molecule has 2 heterocycles. The standard InChI is InChI=1S/C15H25N5/c1-12(2)13-11-14-15(17-8-10-20(14)18-13)19(3)9-6-4-5-7-16/h8,10-12H,4-7,9,16H2,1-3H3. The predicted molar refractivity (Wildman–Crippen MR) is 83.3 cm³/mol. The zero-order chi connectivity index (χ0) is 14.5.